The fourth-order valence-corrected chi connectivity index (χ4v) is 14.4. The van der Waals surface area contributed by atoms with Crippen molar-refractivity contribution in [1.82, 2.24) is 0 Å². The van der Waals surface area contributed by atoms with Crippen molar-refractivity contribution in [1.29, 1.82) is 0 Å². The standard InChI is InChI=1S/2C25H32N2P.2C4H8O.Sr/c2*1-5-13-21(14-6-1)26-25(27-22-15-7-2-8-16-22)28(23-17-9-3-10-18-23)24-19-11-4-12-20-24;2*1-2-4-5-3-1;/h2*3-4,9-12,17-22H,1-2,5-8,13-16H2;2*1-4H2;/q2*-1;;;+2. The molecule has 0 amide bonds. The Morgan fingerprint density at radius 2 is 0.597 bits per heavy atom. The second-order valence-corrected chi connectivity index (χ2v) is 23.1. The van der Waals surface area contributed by atoms with Crippen molar-refractivity contribution in [2.75, 3.05) is 26.4 Å². The molecule has 356 valence electrons. The Balaban J connectivity index is 0.000000180. The Morgan fingerprint density at radius 3 is 0.836 bits per heavy atom. The number of hydrogen-bond donors (Lipinski definition) is 0. The van der Waals surface area contributed by atoms with E-state index in [1.165, 1.54) is 175 Å². The van der Waals surface area contributed by atoms with Crippen LogP contribution in [0.2, 0.25) is 0 Å². The number of amidine groups is 2. The van der Waals surface area contributed by atoms with Gasteiger partial charge in [0, 0.05) is 26.4 Å². The van der Waals surface area contributed by atoms with Crippen molar-refractivity contribution >= 4 is 93.7 Å². The predicted octanol–water partition coefficient (Wildman–Crippen LogP) is 14.2. The topological polar surface area (TPSA) is 71.4 Å². The van der Waals surface area contributed by atoms with Crippen LogP contribution in [-0.2, 0) is 9.47 Å². The molecule has 4 saturated carbocycles. The van der Waals surface area contributed by atoms with Crippen LogP contribution >= 0.6 is 15.8 Å². The molecule has 0 unspecified atom stereocenters. The van der Waals surface area contributed by atoms with Gasteiger partial charge in [-0.15, -0.1) is 0 Å². The van der Waals surface area contributed by atoms with Gasteiger partial charge in [-0.05, 0) is 86.9 Å². The number of aliphatic imine (C=N–C) groups is 2. The fourth-order valence-electron chi connectivity index (χ4n) is 9.88. The van der Waals surface area contributed by atoms with E-state index in [1.807, 2.05) is 0 Å². The average molecular weight is 1010 g/mol. The first kappa shape index (κ1) is 54.4. The minimum absolute atomic E-state index is 0. The Bertz CT molecular complexity index is 1670. The smallest absolute Gasteiger partial charge is 0.461 e. The summed E-state index contributed by atoms with van der Waals surface area (Å²) in [5.41, 5.74) is 2.29. The van der Waals surface area contributed by atoms with E-state index in [1.54, 1.807) is 0 Å². The maximum absolute atomic E-state index is 5.36. The van der Waals surface area contributed by atoms with Gasteiger partial charge in [-0.3, -0.25) is 0 Å². The summed E-state index contributed by atoms with van der Waals surface area (Å²) in [5.74, 6) is 0. The average Bonchev–Trinajstić information content (AvgIpc) is 4.19. The Hall–Kier alpha value is -1.92. The van der Waals surface area contributed by atoms with Gasteiger partial charge in [0.25, 0.3) is 0 Å². The van der Waals surface area contributed by atoms with E-state index in [0.29, 0.717) is 24.2 Å². The van der Waals surface area contributed by atoms with E-state index in [9.17, 15) is 0 Å². The quantitative estimate of drug-likeness (QED) is 0.0687. The fraction of sp³-hybridized carbons (Fsp3) is 0.552. The Morgan fingerprint density at radius 1 is 0.343 bits per heavy atom. The molecule has 0 N–H and O–H groups in total. The van der Waals surface area contributed by atoms with E-state index in [2.05, 4.69) is 121 Å². The first-order valence-electron chi connectivity index (χ1n) is 26.3. The summed E-state index contributed by atoms with van der Waals surface area (Å²) in [4.78, 5) is 10.7. The molecule has 0 bridgehead atoms. The van der Waals surface area contributed by atoms with E-state index >= 15 is 0 Å². The minimum atomic E-state index is -0.681. The molecule has 4 aliphatic carbocycles. The number of ether oxygens (including phenoxy) is 2. The molecule has 6 nitrogen and oxygen atoms in total. The van der Waals surface area contributed by atoms with Crippen LogP contribution in [0.1, 0.15) is 154 Å². The van der Waals surface area contributed by atoms with Crippen molar-refractivity contribution in [3.63, 3.8) is 0 Å². The van der Waals surface area contributed by atoms with E-state index < -0.39 is 15.8 Å². The maximum Gasteiger partial charge on any atom is 2.00 e. The second-order valence-electron chi connectivity index (χ2n) is 18.9. The van der Waals surface area contributed by atoms with Crippen molar-refractivity contribution in [3.8, 4) is 0 Å². The zero-order chi connectivity index (χ0) is 45.1. The summed E-state index contributed by atoms with van der Waals surface area (Å²) >= 11 is 0. The van der Waals surface area contributed by atoms with Crippen molar-refractivity contribution in [3.05, 3.63) is 132 Å². The van der Waals surface area contributed by atoms with Crippen molar-refractivity contribution in [2.45, 2.75) is 178 Å². The van der Waals surface area contributed by atoms with Crippen LogP contribution in [0.25, 0.3) is 10.6 Å². The third-order valence-corrected chi connectivity index (χ3v) is 18.1. The van der Waals surface area contributed by atoms with Crippen LogP contribution in [0.5, 0.6) is 0 Å². The van der Waals surface area contributed by atoms with Crippen LogP contribution in [-0.4, -0.2) is 107 Å². The van der Waals surface area contributed by atoms with Crippen LogP contribution < -0.4 is 21.2 Å². The number of nitrogens with zero attached hydrogens (tertiary/aromatic N) is 4. The van der Waals surface area contributed by atoms with Crippen LogP contribution in [0.4, 0.5) is 0 Å². The first-order chi connectivity index (χ1) is 32.8. The summed E-state index contributed by atoms with van der Waals surface area (Å²) in [6, 6.07) is 45.7. The Labute approximate surface area is 445 Å². The minimum Gasteiger partial charge on any atom is -0.461 e. The monoisotopic (exact) mass is 1010 g/mol. The van der Waals surface area contributed by atoms with E-state index in [4.69, 9.17) is 30.1 Å². The summed E-state index contributed by atoms with van der Waals surface area (Å²) in [6.45, 7) is 4.00. The van der Waals surface area contributed by atoms with Gasteiger partial charge in [0.1, 0.15) is 0 Å². The number of hydrogen-bond acceptors (Lipinski definition) is 4. The van der Waals surface area contributed by atoms with Crippen LogP contribution in [0, 0.1) is 0 Å². The zero-order valence-corrected chi connectivity index (χ0v) is 46.1. The van der Waals surface area contributed by atoms with Crippen molar-refractivity contribution < 1.29 is 9.47 Å². The molecule has 6 aliphatic rings. The maximum atomic E-state index is 5.36. The molecule has 2 saturated heterocycles. The van der Waals surface area contributed by atoms with Gasteiger partial charge in [-0.25, -0.2) is 0 Å². The third-order valence-electron chi connectivity index (χ3n) is 13.6. The molecule has 2 aliphatic heterocycles. The second kappa shape index (κ2) is 32.9. The van der Waals surface area contributed by atoms with Crippen LogP contribution in [0.15, 0.2) is 131 Å². The molecule has 67 heavy (non-hydrogen) atoms. The van der Waals surface area contributed by atoms with E-state index in [-0.39, 0.29) is 45.5 Å². The number of rotatable bonds is 10. The molecular formula is C58H80N4O2P2Sr. The molecule has 0 spiro atoms. The molecular weight excluding hydrogens is 934 g/mol. The predicted molar refractivity (Wildman–Crippen MR) is 293 cm³/mol. The molecule has 0 radical (unpaired) electrons. The van der Waals surface area contributed by atoms with Gasteiger partial charge in [0.05, 0.1) is 0 Å². The SMILES string of the molecule is C1CCOC1.C1CCOC1.[Sr+2].c1ccc(P(C(=NC2CCCCC2)[N-]C2CCCCC2)c2ccccc2)cc1.c1ccc(P(C(=NC2CCCCC2)[N-]C2CCCCC2)c2ccccc2)cc1. The molecule has 2 heterocycles. The largest absolute Gasteiger partial charge is 2.00 e. The molecule has 0 aromatic heterocycles. The first-order valence-corrected chi connectivity index (χ1v) is 29.0. The Kier molecular flexibility index (Phi) is 26.7. The van der Waals surface area contributed by atoms with Crippen LogP contribution in [0.3, 0.4) is 0 Å². The molecule has 10 rings (SSSR count). The molecule has 4 aromatic rings. The summed E-state index contributed by atoms with van der Waals surface area (Å²) in [6.07, 6.45) is 31.0. The summed E-state index contributed by atoms with van der Waals surface area (Å²) < 4.78 is 9.89. The molecule has 4 aromatic carbocycles. The third kappa shape index (κ3) is 19.7. The van der Waals surface area contributed by atoms with Gasteiger partial charge in [-0.1, -0.05) is 261 Å². The van der Waals surface area contributed by atoms with Gasteiger partial charge in [-0.2, -0.15) is 0 Å². The van der Waals surface area contributed by atoms with Gasteiger partial charge < -0.3 is 30.1 Å². The van der Waals surface area contributed by atoms with Gasteiger partial charge in [0.15, 0.2) is 0 Å². The number of benzene rings is 4. The van der Waals surface area contributed by atoms with Crippen molar-refractivity contribution in [2.24, 2.45) is 9.98 Å². The zero-order valence-electron chi connectivity index (χ0n) is 40.9. The normalized spacial score (nSPS) is 20.0. The molecule has 9 heteroatoms. The van der Waals surface area contributed by atoms with Gasteiger partial charge in [0.2, 0.25) is 0 Å². The summed E-state index contributed by atoms with van der Waals surface area (Å²) in [5, 5.41) is 16.2. The molecule has 6 fully saturated rings. The van der Waals surface area contributed by atoms with Gasteiger partial charge >= 0.3 is 45.5 Å². The summed E-state index contributed by atoms with van der Waals surface area (Å²) in [7, 11) is -1.36. The molecule has 0 atom stereocenters. The van der Waals surface area contributed by atoms with E-state index in [0.717, 1.165) is 37.6 Å².